The molecule has 8 nitrogen and oxygen atoms in total. The fourth-order valence-electron chi connectivity index (χ4n) is 0.955. The summed E-state index contributed by atoms with van der Waals surface area (Å²) < 4.78 is 14.0. The first-order valence-corrected chi connectivity index (χ1v) is 5.70. The molecule has 19 heavy (non-hydrogen) atoms. The summed E-state index contributed by atoms with van der Waals surface area (Å²) in [4.78, 5) is 33.4. The molecule has 0 aromatic heterocycles. The Morgan fingerprint density at radius 2 is 1.89 bits per heavy atom. The van der Waals surface area contributed by atoms with Gasteiger partial charge in [-0.3, -0.25) is 9.59 Å². The van der Waals surface area contributed by atoms with Crippen molar-refractivity contribution in [3.8, 4) is 0 Å². The number of esters is 2. The molecule has 0 heterocycles. The van der Waals surface area contributed by atoms with Crippen molar-refractivity contribution in [3.63, 3.8) is 0 Å². The van der Waals surface area contributed by atoms with Gasteiger partial charge in [-0.2, -0.15) is 0 Å². The van der Waals surface area contributed by atoms with Crippen molar-refractivity contribution in [2.75, 3.05) is 33.5 Å². The SMILES string of the molecule is COCCOCC(=O)CCC(=O)OC(=O)[C@@H](N)CO. The molecule has 0 fully saturated rings. The van der Waals surface area contributed by atoms with E-state index in [4.69, 9.17) is 20.3 Å². The zero-order valence-corrected chi connectivity index (χ0v) is 10.8. The van der Waals surface area contributed by atoms with Crippen LogP contribution in [0.1, 0.15) is 12.8 Å². The molecule has 0 aliphatic carbocycles. The van der Waals surface area contributed by atoms with Crippen LogP contribution in [-0.4, -0.2) is 62.4 Å². The zero-order chi connectivity index (χ0) is 14.7. The van der Waals surface area contributed by atoms with Crippen LogP contribution in [0, 0.1) is 0 Å². The van der Waals surface area contributed by atoms with E-state index in [9.17, 15) is 14.4 Å². The molecule has 1 atom stereocenters. The van der Waals surface area contributed by atoms with Crippen molar-refractivity contribution in [2.45, 2.75) is 18.9 Å². The molecule has 0 aliphatic heterocycles. The van der Waals surface area contributed by atoms with Crippen LogP contribution in [0.3, 0.4) is 0 Å². The molecular weight excluding hydrogens is 258 g/mol. The Kier molecular flexibility index (Phi) is 9.81. The maximum absolute atomic E-state index is 11.3. The first-order chi connectivity index (χ1) is 9.01. The first-order valence-electron chi connectivity index (χ1n) is 5.70. The molecule has 110 valence electrons. The standard InChI is InChI=1S/C11H19NO7/c1-17-4-5-18-7-8(14)2-3-10(15)19-11(16)9(12)6-13/h9,13H,2-7,12H2,1H3/t9-/m0/s1. The smallest absolute Gasteiger partial charge is 0.332 e. The van der Waals surface area contributed by atoms with Crippen LogP contribution < -0.4 is 5.73 Å². The third kappa shape index (κ3) is 9.25. The van der Waals surface area contributed by atoms with E-state index < -0.39 is 24.6 Å². The lowest BCUT2D eigenvalue weighted by atomic mass is 10.2. The molecule has 0 saturated heterocycles. The second kappa shape index (κ2) is 10.6. The largest absolute Gasteiger partial charge is 0.394 e. The van der Waals surface area contributed by atoms with Gasteiger partial charge in [0.15, 0.2) is 5.78 Å². The van der Waals surface area contributed by atoms with E-state index in [0.29, 0.717) is 6.61 Å². The third-order valence-corrected chi connectivity index (χ3v) is 2.02. The van der Waals surface area contributed by atoms with Crippen LogP contribution >= 0.6 is 0 Å². The number of carbonyl (C=O) groups is 3. The molecule has 0 radical (unpaired) electrons. The van der Waals surface area contributed by atoms with Crippen LogP contribution in [0.4, 0.5) is 0 Å². The highest BCUT2D eigenvalue weighted by Gasteiger charge is 2.18. The van der Waals surface area contributed by atoms with Crippen LogP contribution in [-0.2, 0) is 28.6 Å². The van der Waals surface area contributed by atoms with Crippen molar-refractivity contribution in [1.82, 2.24) is 0 Å². The van der Waals surface area contributed by atoms with Gasteiger partial charge < -0.3 is 25.1 Å². The van der Waals surface area contributed by atoms with E-state index >= 15 is 0 Å². The van der Waals surface area contributed by atoms with Gasteiger partial charge in [0.25, 0.3) is 0 Å². The van der Waals surface area contributed by atoms with Gasteiger partial charge in [0.05, 0.1) is 26.2 Å². The minimum Gasteiger partial charge on any atom is -0.394 e. The summed E-state index contributed by atoms with van der Waals surface area (Å²) in [5.41, 5.74) is 5.14. The minimum absolute atomic E-state index is 0.0898. The highest BCUT2D eigenvalue weighted by Crippen LogP contribution is 1.97. The number of carbonyl (C=O) groups excluding carboxylic acids is 3. The lowest BCUT2D eigenvalue weighted by Gasteiger charge is -2.07. The van der Waals surface area contributed by atoms with Crippen LogP contribution in [0.15, 0.2) is 0 Å². The summed E-state index contributed by atoms with van der Waals surface area (Å²) >= 11 is 0. The fraction of sp³-hybridized carbons (Fsp3) is 0.727. The summed E-state index contributed by atoms with van der Waals surface area (Å²) in [5.74, 6) is -2.16. The highest BCUT2D eigenvalue weighted by molar-refractivity contribution is 5.90. The molecule has 0 aliphatic rings. The lowest BCUT2D eigenvalue weighted by molar-refractivity contribution is -0.161. The first kappa shape index (κ1) is 17.6. The Bertz CT molecular complexity index is 305. The predicted molar refractivity (Wildman–Crippen MR) is 63.1 cm³/mol. The Balaban J connectivity index is 3.72. The molecule has 3 N–H and O–H groups in total. The van der Waals surface area contributed by atoms with Crippen molar-refractivity contribution in [3.05, 3.63) is 0 Å². The Labute approximate surface area is 110 Å². The molecule has 0 spiro atoms. The number of aliphatic hydroxyl groups is 1. The van der Waals surface area contributed by atoms with E-state index in [1.807, 2.05) is 0 Å². The van der Waals surface area contributed by atoms with E-state index in [-0.39, 0.29) is 31.8 Å². The van der Waals surface area contributed by atoms with Gasteiger partial charge in [0.2, 0.25) is 0 Å². The van der Waals surface area contributed by atoms with Crippen LogP contribution in [0.2, 0.25) is 0 Å². The molecule has 0 unspecified atom stereocenters. The number of hydrogen-bond acceptors (Lipinski definition) is 8. The number of aliphatic hydroxyl groups excluding tert-OH is 1. The zero-order valence-electron chi connectivity index (χ0n) is 10.8. The monoisotopic (exact) mass is 277 g/mol. The van der Waals surface area contributed by atoms with Gasteiger partial charge in [-0.05, 0) is 0 Å². The number of Topliss-reactive ketones (excluding diaryl/α,β-unsaturated/α-hetero) is 1. The van der Waals surface area contributed by atoms with Gasteiger partial charge in [-0.25, -0.2) is 4.79 Å². The summed E-state index contributed by atoms with van der Waals surface area (Å²) in [6.45, 7) is -0.0709. The molecule has 8 heteroatoms. The number of hydrogen-bond donors (Lipinski definition) is 2. The van der Waals surface area contributed by atoms with Gasteiger partial charge in [-0.15, -0.1) is 0 Å². The number of rotatable bonds is 10. The molecule has 0 aromatic carbocycles. The maximum Gasteiger partial charge on any atom is 0.332 e. The average Bonchev–Trinajstić information content (AvgIpc) is 2.40. The molecule has 0 aromatic rings. The summed E-state index contributed by atoms with van der Waals surface area (Å²) in [6.07, 6.45) is -0.330. The summed E-state index contributed by atoms with van der Waals surface area (Å²) in [7, 11) is 1.51. The molecule has 0 bridgehead atoms. The van der Waals surface area contributed by atoms with Gasteiger partial charge in [0.1, 0.15) is 12.6 Å². The quantitative estimate of drug-likeness (QED) is 0.277. The van der Waals surface area contributed by atoms with Gasteiger partial charge in [0, 0.05) is 13.5 Å². The normalized spacial score (nSPS) is 11.9. The Morgan fingerprint density at radius 1 is 1.21 bits per heavy atom. The van der Waals surface area contributed by atoms with E-state index in [1.54, 1.807) is 0 Å². The van der Waals surface area contributed by atoms with Crippen LogP contribution in [0.25, 0.3) is 0 Å². The predicted octanol–water partition coefficient (Wildman–Crippen LogP) is -1.61. The third-order valence-electron chi connectivity index (χ3n) is 2.02. The number of methoxy groups -OCH3 is 1. The lowest BCUT2D eigenvalue weighted by Crippen LogP contribution is -2.36. The molecule has 0 amide bonds. The highest BCUT2D eigenvalue weighted by atomic mass is 16.6. The maximum atomic E-state index is 11.3. The van der Waals surface area contributed by atoms with Crippen molar-refractivity contribution in [2.24, 2.45) is 5.73 Å². The number of nitrogens with two attached hydrogens (primary N) is 1. The van der Waals surface area contributed by atoms with E-state index in [0.717, 1.165) is 0 Å². The summed E-state index contributed by atoms with van der Waals surface area (Å²) in [5, 5.41) is 8.56. The number of ether oxygens (including phenoxy) is 3. The van der Waals surface area contributed by atoms with Crippen molar-refractivity contribution >= 4 is 17.7 Å². The summed E-state index contributed by atoms with van der Waals surface area (Å²) in [6, 6.07) is -1.25. The average molecular weight is 277 g/mol. The molecule has 0 rings (SSSR count). The van der Waals surface area contributed by atoms with Gasteiger partial charge >= 0.3 is 11.9 Å². The molecule has 0 saturated carbocycles. The van der Waals surface area contributed by atoms with E-state index in [1.165, 1.54) is 7.11 Å². The minimum atomic E-state index is -1.25. The van der Waals surface area contributed by atoms with Crippen LogP contribution in [0.5, 0.6) is 0 Å². The van der Waals surface area contributed by atoms with E-state index in [2.05, 4.69) is 4.74 Å². The second-order valence-electron chi connectivity index (χ2n) is 3.67. The Hall–Kier alpha value is -1.35. The fourth-order valence-corrected chi connectivity index (χ4v) is 0.955. The van der Waals surface area contributed by atoms with Gasteiger partial charge in [-0.1, -0.05) is 0 Å². The Morgan fingerprint density at radius 3 is 2.47 bits per heavy atom. The topological polar surface area (TPSA) is 125 Å². The second-order valence-corrected chi connectivity index (χ2v) is 3.67. The number of ketones is 1. The van der Waals surface area contributed by atoms with Crippen molar-refractivity contribution in [1.29, 1.82) is 0 Å². The molecular formula is C11H19NO7. The van der Waals surface area contributed by atoms with Crippen molar-refractivity contribution < 1.29 is 33.7 Å².